The van der Waals surface area contributed by atoms with Crippen molar-refractivity contribution in [3.8, 4) is 5.75 Å². The Morgan fingerprint density at radius 3 is 2.53 bits per heavy atom. The van der Waals surface area contributed by atoms with Gasteiger partial charge in [0.2, 0.25) is 11.8 Å². The average molecular weight is 601 g/mol. The number of para-hydroxylation sites is 1. The van der Waals surface area contributed by atoms with Gasteiger partial charge in [-0.3, -0.25) is 14.4 Å². The number of nitrogens with zero attached hydrogens (tertiary/aromatic N) is 2. The fourth-order valence-electron chi connectivity index (χ4n) is 6.08. The van der Waals surface area contributed by atoms with Crippen molar-refractivity contribution in [3.05, 3.63) is 29.8 Å². The molecule has 4 aliphatic heterocycles. The molecule has 1 aromatic rings. The fraction of sp³-hybridized carbons (Fsp3) is 0.677. The molecule has 2 N–H and O–H groups in total. The zero-order valence-corrected chi connectivity index (χ0v) is 25.3. The third kappa shape index (κ3) is 7.77. The number of hydrogen-bond donors (Lipinski definition) is 2. The predicted octanol–water partition coefficient (Wildman–Crippen LogP) is 2.11. The second-order valence-corrected chi connectivity index (χ2v) is 12.7. The normalized spacial score (nSPS) is 27.5. The molecule has 4 aliphatic rings. The van der Waals surface area contributed by atoms with Crippen LogP contribution >= 0.6 is 0 Å². The minimum absolute atomic E-state index is 0.0157. The summed E-state index contributed by atoms with van der Waals surface area (Å²) in [6.45, 7) is 7.34. The van der Waals surface area contributed by atoms with Gasteiger partial charge >= 0.3 is 6.09 Å². The molecule has 1 aromatic carbocycles. The third-order valence-electron chi connectivity index (χ3n) is 8.42. The molecule has 3 saturated heterocycles. The summed E-state index contributed by atoms with van der Waals surface area (Å²) in [7, 11) is 0. The van der Waals surface area contributed by atoms with Crippen molar-refractivity contribution in [2.45, 2.75) is 82.8 Å². The summed E-state index contributed by atoms with van der Waals surface area (Å²) in [5, 5.41) is 6.16. The van der Waals surface area contributed by atoms with Crippen LogP contribution in [0.1, 0.15) is 63.2 Å². The summed E-state index contributed by atoms with van der Waals surface area (Å²) in [6, 6.07) is 5.77. The minimum atomic E-state index is -0.959. The summed E-state index contributed by atoms with van der Waals surface area (Å²) in [5.74, 6) is -0.425. The molecule has 0 aromatic heterocycles. The second-order valence-electron chi connectivity index (χ2n) is 12.7. The van der Waals surface area contributed by atoms with Crippen molar-refractivity contribution < 1.29 is 38.1 Å². The molecule has 3 fully saturated rings. The van der Waals surface area contributed by atoms with Crippen LogP contribution in [0.3, 0.4) is 0 Å². The number of fused-ring (bicyclic) bond motifs is 4. The van der Waals surface area contributed by atoms with Crippen molar-refractivity contribution in [3.63, 3.8) is 0 Å². The molecule has 4 atom stereocenters. The Morgan fingerprint density at radius 1 is 1.00 bits per heavy atom. The Labute approximate surface area is 252 Å². The lowest BCUT2D eigenvalue weighted by molar-refractivity contribution is -0.134. The standard InChI is InChI=1S/C31H44N4O8/c1-31(2,3)43-30(39)34-13-14-35-24(19-34)28(37)32-18-26-23(33-27(36)20-10-15-40-16-11-20)9-8-21(42-26)12-17-41-25-7-5-4-6-22(25)29(35)38/h4-7,20-21,23-24,26H,8-19H2,1-3H3,(H,32,37)(H,33,36)/t21-,23+,24-,26+/m0/s1. The summed E-state index contributed by atoms with van der Waals surface area (Å²) in [5.41, 5.74) is -0.341. The Balaban J connectivity index is 1.37. The summed E-state index contributed by atoms with van der Waals surface area (Å²) in [6.07, 6.45) is 2.28. The molecule has 236 valence electrons. The van der Waals surface area contributed by atoms with E-state index in [0.717, 1.165) is 6.42 Å². The Morgan fingerprint density at radius 2 is 1.77 bits per heavy atom. The number of hydrogen-bond acceptors (Lipinski definition) is 8. The molecule has 4 heterocycles. The summed E-state index contributed by atoms with van der Waals surface area (Å²) in [4.78, 5) is 56.6. The molecule has 5 rings (SSSR count). The van der Waals surface area contributed by atoms with Gasteiger partial charge < -0.3 is 39.4 Å². The smallest absolute Gasteiger partial charge is 0.410 e. The van der Waals surface area contributed by atoms with Gasteiger partial charge in [0, 0.05) is 45.2 Å². The van der Waals surface area contributed by atoms with Crippen LogP contribution in [0.2, 0.25) is 0 Å². The SMILES string of the molecule is CC(C)(C)OC(=O)N1CCN2C(=O)c3ccccc3OCC[C@@H]3CC[C@@H](NC(=O)C4CCOCC4)[C@@H](CNC(=O)[C@@H]2C1)O3. The first-order valence-electron chi connectivity index (χ1n) is 15.4. The van der Waals surface area contributed by atoms with Crippen molar-refractivity contribution in [2.75, 3.05) is 46.0 Å². The quantitative estimate of drug-likeness (QED) is 0.527. The third-order valence-corrected chi connectivity index (χ3v) is 8.42. The lowest BCUT2D eigenvalue weighted by Crippen LogP contribution is -2.63. The first kappa shape index (κ1) is 31.1. The van der Waals surface area contributed by atoms with E-state index in [1.807, 2.05) is 0 Å². The summed E-state index contributed by atoms with van der Waals surface area (Å²) >= 11 is 0. The van der Waals surface area contributed by atoms with Crippen LogP contribution in [0.4, 0.5) is 4.79 Å². The number of rotatable bonds is 2. The van der Waals surface area contributed by atoms with Gasteiger partial charge in [-0.05, 0) is 58.6 Å². The Kier molecular flexibility index (Phi) is 9.75. The molecule has 43 heavy (non-hydrogen) atoms. The minimum Gasteiger partial charge on any atom is -0.493 e. The van der Waals surface area contributed by atoms with Crippen LogP contribution in [-0.4, -0.2) is 110 Å². The van der Waals surface area contributed by atoms with E-state index in [-0.39, 0.29) is 56.1 Å². The maximum Gasteiger partial charge on any atom is 0.410 e. The van der Waals surface area contributed by atoms with Crippen molar-refractivity contribution in [1.29, 1.82) is 0 Å². The number of amides is 4. The van der Waals surface area contributed by atoms with E-state index in [1.165, 1.54) is 9.80 Å². The lowest BCUT2D eigenvalue weighted by Gasteiger charge is -2.42. The zero-order chi connectivity index (χ0) is 30.6. The Hall–Kier alpha value is -3.38. The fourth-order valence-corrected chi connectivity index (χ4v) is 6.08. The number of carbonyl (C=O) groups excluding carboxylic acids is 4. The molecule has 12 heteroatoms. The highest BCUT2D eigenvalue weighted by Gasteiger charge is 2.41. The van der Waals surface area contributed by atoms with E-state index < -0.39 is 29.7 Å². The van der Waals surface area contributed by atoms with Crippen molar-refractivity contribution in [1.82, 2.24) is 20.4 Å². The van der Waals surface area contributed by atoms with Crippen LogP contribution in [0, 0.1) is 5.92 Å². The van der Waals surface area contributed by atoms with Crippen LogP contribution in [-0.2, 0) is 23.8 Å². The maximum atomic E-state index is 13.9. The Bertz CT molecular complexity index is 1180. The van der Waals surface area contributed by atoms with E-state index in [9.17, 15) is 19.2 Å². The van der Waals surface area contributed by atoms with Crippen molar-refractivity contribution >= 4 is 23.8 Å². The van der Waals surface area contributed by atoms with Gasteiger partial charge in [-0.25, -0.2) is 4.79 Å². The largest absolute Gasteiger partial charge is 0.493 e. The molecule has 12 nitrogen and oxygen atoms in total. The van der Waals surface area contributed by atoms with E-state index in [2.05, 4.69) is 10.6 Å². The zero-order valence-electron chi connectivity index (χ0n) is 25.3. The highest BCUT2D eigenvalue weighted by atomic mass is 16.6. The number of carbonyl (C=O) groups is 4. The van der Waals surface area contributed by atoms with E-state index in [4.69, 9.17) is 18.9 Å². The maximum absolute atomic E-state index is 13.9. The molecule has 0 saturated carbocycles. The molecule has 0 unspecified atom stereocenters. The van der Waals surface area contributed by atoms with Gasteiger partial charge in [-0.15, -0.1) is 0 Å². The highest BCUT2D eigenvalue weighted by molar-refractivity contribution is 6.00. The summed E-state index contributed by atoms with van der Waals surface area (Å²) < 4.78 is 23.5. The first-order valence-corrected chi connectivity index (χ1v) is 15.4. The lowest BCUT2D eigenvalue weighted by atomic mass is 9.94. The van der Waals surface area contributed by atoms with Gasteiger partial charge in [0.15, 0.2) is 0 Å². The van der Waals surface area contributed by atoms with Crippen LogP contribution < -0.4 is 15.4 Å². The average Bonchev–Trinajstić information content (AvgIpc) is 2.99. The van der Waals surface area contributed by atoms with Crippen LogP contribution in [0.5, 0.6) is 5.75 Å². The number of benzene rings is 1. The van der Waals surface area contributed by atoms with Crippen LogP contribution in [0.25, 0.3) is 0 Å². The van der Waals surface area contributed by atoms with Gasteiger partial charge in [0.05, 0.1) is 37.0 Å². The van der Waals surface area contributed by atoms with Gasteiger partial charge in [-0.2, -0.15) is 0 Å². The molecule has 2 bridgehead atoms. The molecule has 0 radical (unpaired) electrons. The molecule has 0 aliphatic carbocycles. The molecular weight excluding hydrogens is 556 g/mol. The number of nitrogens with one attached hydrogen (secondary N) is 2. The monoisotopic (exact) mass is 600 g/mol. The van der Waals surface area contributed by atoms with Crippen LogP contribution in [0.15, 0.2) is 24.3 Å². The topological polar surface area (TPSA) is 136 Å². The van der Waals surface area contributed by atoms with Gasteiger partial charge in [0.1, 0.15) is 17.4 Å². The predicted molar refractivity (Wildman–Crippen MR) is 156 cm³/mol. The number of ether oxygens (including phenoxy) is 4. The van der Waals surface area contributed by atoms with E-state index >= 15 is 0 Å². The second kappa shape index (κ2) is 13.5. The highest BCUT2D eigenvalue weighted by Crippen LogP contribution is 2.27. The van der Waals surface area contributed by atoms with E-state index in [1.54, 1.807) is 45.0 Å². The number of piperazine rings is 1. The van der Waals surface area contributed by atoms with E-state index in [0.29, 0.717) is 56.8 Å². The molecule has 4 amide bonds. The first-order chi connectivity index (χ1) is 20.6. The van der Waals surface area contributed by atoms with Gasteiger partial charge in [-0.1, -0.05) is 12.1 Å². The van der Waals surface area contributed by atoms with Crippen molar-refractivity contribution in [2.24, 2.45) is 5.92 Å². The molecular formula is C31H44N4O8. The van der Waals surface area contributed by atoms with Gasteiger partial charge in [0.25, 0.3) is 5.91 Å². The molecule has 0 spiro atoms.